The SMILES string of the molecule is Cc1ccc(C)c(CNC2CCCC2)c1. The van der Waals surface area contributed by atoms with E-state index in [1.54, 1.807) is 0 Å². The van der Waals surface area contributed by atoms with Crippen LogP contribution in [0.15, 0.2) is 18.2 Å². The number of aryl methyl sites for hydroxylation is 2. The van der Waals surface area contributed by atoms with Gasteiger partial charge >= 0.3 is 0 Å². The van der Waals surface area contributed by atoms with E-state index in [0.29, 0.717) is 0 Å². The Morgan fingerprint density at radius 1 is 1.20 bits per heavy atom. The molecular weight excluding hydrogens is 182 g/mol. The Bertz CT molecular complexity index is 324. The minimum Gasteiger partial charge on any atom is -0.310 e. The zero-order valence-corrected chi connectivity index (χ0v) is 9.84. The zero-order valence-electron chi connectivity index (χ0n) is 9.84. The van der Waals surface area contributed by atoms with Gasteiger partial charge in [0, 0.05) is 12.6 Å². The molecule has 0 heterocycles. The van der Waals surface area contributed by atoms with Crippen molar-refractivity contribution >= 4 is 0 Å². The Morgan fingerprint density at radius 2 is 1.93 bits per heavy atom. The molecule has 2 rings (SSSR count). The smallest absolute Gasteiger partial charge is 0.0210 e. The molecule has 1 aromatic carbocycles. The number of hydrogen-bond acceptors (Lipinski definition) is 1. The van der Waals surface area contributed by atoms with Gasteiger partial charge in [-0.3, -0.25) is 0 Å². The van der Waals surface area contributed by atoms with Crippen molar-refractivity contribution in [3.8, 4) is 0 Å². The first-order valence-electron chi connectivity index (χ1n) is 6.05. The van der Waals surface area contributed by atoms with Crippen molar-refractivity contribution < 1.29 is 0 Å². The first-order valence-corrected chi connectivity index (χ1v) is 6.05. The Hall–Kier alpha value is -0.820. The van der Waals surface area contributed by atoms with E-state index in [9.17, 15) is 0 Å². The molecular formula is C14H21N. The third-order valence-corrected chi connectivity index (χ3v) is 3.44. The predicted octanol–water partition coefficient (Wildman–Crippen LogP) is 3.34. The van der Waals surface area contributed by atoms with Gasteiger partial charge in [-0.15, -0.1) is 0 Å². The lowest BCUT2D eigenvalue weighted by Gasteiger charge is -2.13. The summed E-state index contributed by atoms with van der Waals surface area (Å²) in [6, 6.07) is 7.48. The van der Waals surface area contributed by atoms with Crippen molar-refractivity contribution in [1.82, 2.24) is 5.32 Å². The fourth-order valence-corrected chi connectivity index (χ4v) is 2.37. The van der Waals surface area contributed by atoms with Crippen LogP contribution in [0.5, 0.6) is 0 Å². The molecule has 1 nitrogen and oxygen atoms in total. The van der Waals surface area contributed by atoms with E-state index in [4.69, 9.17) is 0 Å². The zero-order chi connectivity index (χ0) is 10.7. The molecule has 0 saturated heterocycles. The summed E-state index contributed by atoms with van der Waals surface area (Å²) in [6.45, 7) is 5.40. The first-order chi connectivity index (χ1) is 7.25. The number of hydrogen-bond donors (Lipinski definition) is 1. The lowest BCUT2D eigenvalue weighted by molar-refractivity contribution is 0.523. The molecule has 0 aromatic heterocycles. The van der Waals surface area contributed by atoms with E-state index in [1.165, 1.54) is 42.4 Å². The summed E-state index contributed by atoms with van der Waals surface area (Å²) in [5.41, 5.74) is 4.23. The molecule has 0 aliphatic heterocycles. The Morgan fingerprint density at radius 3 is 2.67 bits per heavy atom. The molecule has 1 aliphatic carbocycles. The summed E-state index contributed by atoms with van der Waals surface area (Å²) in [6.07, 6.45) is 5.55. The van der Waals surface area contributed by atoms with Crippen molar-refractivity contribution in [2.45, 2.75) is 52.1 Å². The van der Waals surface area contributed by atoms with Crippen LogP contribution in [0.1, 0.15) is 42.4 Å². The lowest BCUT2D eigenvalue weighted by atomic mass is 10.1. The summed E-state index contributed by atoms with van der Waals surface area (Å²) in [5, 5.41) is 3.67. The van der Waals surface area contributed by atoms with Gasteiger partial charge in [0.2, 0.25) is 0 Å². The molecule has 1 aliphatic rings. The van der Waals surface area contributed by atoms with Crippen LogP contribution >= 0.6 is 0 Å². The summed E-state index contributed by atoms with van der Waals surface area (Å²) in [4.78, 5) is 0. The second-order valence-electron chi connectivity index (χ2n) is 4.79. The highest BCUT2D eigenvalue weighted by atomic mass is 14.9. The van der Waals surface area contributed by atoms with Crippen molar-refractivity contribution in [3.05, 3.63) is 34.9 Å². The average molecular weight is 203 g/mol. The molecule has 1 fully saturated rings. The topological polar surface area (TPSA) is 12.0 Å². The van der Waals surface area contributed by atoms with Crippen molar-refractivity contribution in [2.24, 2.45) is 0 Å². The van der Waals surface area contributed by atoms with Crippen LogP contribution in [0.25, 0.3) is 0 Å². The minimum absolute atomic E-state index is 0.768. The standard InChI is InChI=1S/C14H21N/c1-11-7-8-12(2)13(9-11)10-15-14-5-3-4-6-14/h7-9,14-15H,3-6,10H2,1-2H3. The van der Waals surface area contributed by atoms with Gasteiger partial charge in [0.1, 0.15) is 0 Å². The Labute approximate surface area is 92.9 Å². The van der Waals surface area contributed by atoms with Gasteiger partial charge < -0.3 is 5.32 Å². The highest BCUT2D eigenvalue weighted by Crippen LogP contribution is 2.18. The summed E-state index contributed by atoms with van der Waals surface area (Å²) in [7, 11) is 0. The van der Waals surface area contributed by atoms with Crippen LogP contribution < -0.4 is 5.32 Å². The third-order valence-electron chi connectivity index (χ3n) is 3.44. The molecule has 0 atom stereocenters. The van der Waals surface area contributed by atoms with Crippen LogP contribution in [-0.4, -0.2) is 6.04 Å². The quantitative estimate of drug-likeness (QED) is 0.794. The Kier molecular flexibility index (Phi) is 3.42. The van der Waals surface area contributed by atoms with Crippen LogP contribution in [0, 0.1) is 13.8 Å². The normalized spacial score (nSPS) is 17.2. The van der Waals surface area contributed by atoms with E-state index >= 15 is 0 Å². The maximum absolute atomic E-state index is 3.67. The van der Waals surface area contributed by atoms with E-state index < -0.39 is 0 Å². The molecule has 1 saturated carbocycles. The van der Waals surface area contributed by atoms with E-state index in [2.05, 4.69) is 37.4 Å². The van der Waals surface area contributed by atoms with Crippen molar-refractivity contribution in [1.29, 1.82) is 0 Å². The van der Waals surface area contributed by atoms with Gasteiger partial charge in [-0.05, 0) is 37.8 Å². The highest BCUT2D eigenvalue weighted by Gasteiger charge is 2.13. The van der Waals surface area contributed by atoms with Gasteiger partial charge in [0.15, 0.2) is 0 Å². The fraction of sp³-hybridized carbons (Fsp3) is 0.571. The maximum Gasteiger partial charge on any atom is 0.0210 e. The maximum atomic E-state index is 3.67. The number of benzene rings is 1. The molecule has 0 amide bonds. The molecule has 0 bridgehead atoms. The highest BCUT2D eigenvalue weighted by molar-refractivity contribution is 5.30. The molecule has 0 radical (unpaired) electrons. The monoisotopic (exact) mass is 203 g/mol. The molecule has 0 spiro atoms. The predicted molar refractivity (Wildman–Crippen MR) is 65.0 cm³/mol. The largest absolute Gasteiger partial charge is 0.310 e. The van der Waals surface area contributed by atoms with Gasteiger partial charge in [0.25, 0.3) is 0 Å². The second-order valence-corrected chi connectivity index (χ2v) is 4.79. The van der Waals surface area contributed by atoms with Crippen LogP contribution in [0.2, 0.25) is 0 Å². The summed E-state index contributed by atoms with van der Waals surface area (Å²) in [5.74, 6) is 0. The third kappa shape index (κ3) is 2.82. The molecule has 82 valence electrons. The number of nitrogens with one attached hydrogen (secondary N) is 1. The second kappa shape index (κ2) is 4.80. The van der Waals surface area contributed by atoms with Crippen molar-refractivity contribution in [3.63, 3.8) is 0 Å². The van der Waals surface area contributed by atoms with Crippen molar-refractivity contribution in [2.75, 3.05) is 0 Å². The molecule has 1 N–H and O–H groups in total. The fourth-order valence-electron chi connectivity index (χ4n) is 2.37. The number of rotatable bonds is 3. The summed E-state index contributed by atoms with van der Waals surface area (Å²) < 4.78 is 0. The molecule has 0 unspecified atom stereocenters. The van der Waals surface area contributed by atoms with Gasteiger partial charge in [0.05, 0.1) is 0 Å². The van der Waals surface area contributed by atoms with E-state index in [1.807, 2.05) is 0 Å². The summed E-state index contributed by atoms with van der Waals surface area (Å²) >= 11 is 0. The van der Waals surface area contributed by atoms with E-state index in [0.717, 1.165) is 12.6 Å². The van der Waals surface area contributed by atoms with Gasteiger partial charge in [-0.1, -0.05) is 36.6 Å². The molecule has 1 aromatic rings. The Balaban J connectivity index is 1.94. The average Bonchev–Trinajstić information content (AvgIpc) is 2.72. The van der Waals surface area contributed by atoms with Crippen LogP contribution in [0.4, 0.5) is 0 Å². The van der Waals surface area contributed by atoms with E-state index in [-0.39, 0.29) is 0 Å². The van der Waals surface area contributed by atoms with Crippen LogP contribution in [-0.2, 0) is 6.54 Å². The molecule has 1 heteroatoms. The molecule has 15 heavy (non-hydrogen) atoms. The lowest BCUT2D eigenvalue weighted by Crippen LogP contribution is -2.25. The van der Waals surface area contributed by atoms with Gasteiger partial charge in [-0.25, -0.2) is 0 Å². The minimum atomic E-state index is 0.768. The van der Waals surface area contributed by atoms with Crippen LogP contribution in [0.3, 0.4) is 0 Å². The first kappa shape index (κ1) is 10.7. The van der Waals surface area contributed by atoms with Gasteiger partial charge in [-0.2, -0.15) is 0 Å².